The SMILES string of the molecule is Cc1ccc(C=CC(=O)N2CC(CC(=O)O)C2)c(Br)c1. The van der Waals surface area contributed by atoms with Crippen molar-refractivity contribution in [2.24, 2.45) is 5.92 Å². The molecule has 20 heavy (non-hydrogen) atoms. The summed E-state index contributed by atoms with van der Waals surface area (Å²) >= 11 is 3.46. The largest absolute Gasteiger partial charge is 0.481 e. The highest BCUT2D eigenvalue weighted by molar-refractivity contribution is 9.10. The molecular weight excluding hydrogens is 322 g/mol. The minimum Gasteiger partial charge on any atom is -0.481 e. The number of amides is 1. The first-order chi connectivity index (χ1) is 9.45. The molecule has 5 heteroatoms. The van der Waals surface area contributed by atoms with Crippen LogP contribution >= 0.6 is 15.9 Å². The molecule has 1 aliphatic rings. The second-order valence-corrected chi connectivity index (χ2v) is 5.92. The highest BCUT2D eigenvalue weighted by Gasteiger charge is 2.30. The van der Waals surface area contributed by atoms with Gasteiger partial charge in [-0.1, -0.05) is 28.1 Å². The molecule has 1 N–H and O–H groups in total. The normalized spacial score (nSPS) is 15.4. The Labute approximate surface area is 126 Å². The molecule has 1 aliphatic heterocycles. The van der Waals surface area contributed by atoms with Crippen LogP contribution in [0, 0.1) is 12.8 Å². The predicted octanol–water partition coefficient (Wildman–Crippen LogP) is 2.70. The fourth-order valence-electron chi connectivity index (χ4n) is 2.16. The highest BCUT2D eigenvalue weighted by atomic mass is 79.9. The van der Waals surface area contributed by atoms with E-state index >= 15 is 0 Å². The zero-order valence-corrected chi connectivity index (χ0v) is 12.8. The minimum absolute atomic E-state index is 0.0703. The number of rotatable bonds is 4. The summed E-state index contributed by atoms with van der Waals surface area (Å²) in [5.74, 6) is -0.781. The van der Waals surface area contributed by atoms with Crippen molar-refractivity contribution in [3.05, 3.63) is 39.9 Å². The number of carbonyl (C=O) groups is 2. The first-order valence-corrected chi connectivity index (χ1v) is 7.20. The molecule has 0 saturated carbocycles. The summed E-state index contributed by atoms with van der Waals surface area (Å²) in [5, 5.41) is 8.66. The molecule has 106 valence electrons. The molecule has 0 aromatic heterocycles. The van der Waals surface area contributed by atoms with Crippen molar-refractivity contribution in [2.75, 3.05) is 13.1 Å². The molecule has 0 spiro atoms. The zero-order chi connectivity index (χ0) is 14.7. The van der Waals surface area contributed by atoms with Crippen molar-refractivity contribution in [1.82, 2.24) is 4.90 Å². The summed E-state index contributed by atoms with van der Waals surface area (Å²) in [6.45, 7) is 3.07. The first-order valence-electron chi connectivity index (χ1n) is 6.40. The van der Waals surface area contributed by atoms with Gasteiger partial charge in [-0.2, -0.15) is 0 Å². The van der Waals surface area contributed by atoms with Crippen LogP contribution in [-0.2, 0) is 9.59 Å². The predicted molar refractivity (Wildman–Crippen MR) is 80.2 cm³/mol. The highest BCUT2D eigenvalue weighted by Crippen LogP contribution is 2.22. The Morgan fingerprint density at radius 1 is 1.45 bits per heavy atom. The third-order valence-electron chi connectivity index (χ3n) is 3.29. The topological polar surface area (TPSA) is 57.6 Å². The van der Waals surface area contributed by atoms with Gasteiger partial charge in [-0.15, -0.1) is 0 Å². The second kappa shape index (κ2) is 6.22. The number of likely N-dealkylation sites (tertiary alicyclic amines) is 1. The van der Waals surface area contributed by atoms with Crippen LogP contribution in [0.3, 0.4) is 0 Å². The lowest BCUT2D eigenvalue weighted by molar-refractivity contribution is -0.143. The number of aryl methyl sites for hydroxylation is 1. The van der Waals surface area contributed by atoms with Crippen molar-refractivity contribution in [3.8, 4) is 0 Å². The van der Waals surface area contributed by atoms with Crippen molar-refractivity contribution in [2.45, 2.75) is 13.3 Å². The maximum atomic E-state index is 11.9. The third-order valence-corrected chi connectivity index (χ3v) is 3.98. The van der Waals surface area contributed by atoms with Crippen molar-refractivity contribution >= 4 is 33.9 Å². The number of benzene rings is 1. The van der Waals surface area contributed by atoms with Crippen LogP contribution in [0.25, 0.3) is 6.08 Å². The maximum Gasteiger partial charge on any atom is 0.303 e. The van der Waals surface area contributed by atoms with Gasteiger partial charge < -0.3 is 10.0 Å². The number of carbonyl (C=O) groups excluding carboxylic acids is 1. The number of carboxylic acids is 1. The molecule has 2 rings (SSSR count). The molecule has 0 bridgehead atoms. The van der Waals surface area contributed by atoms with E-state index in [1.165, 1.54) is 6.08 Å². The van der Waals surface area contributed by atoms with E-state index in [1.54, 1.807) is 11.0 Å². The molecule has 0 aliphatic carbocycles. The summed E-state index contributed by atoms with van der Waals surface area (Å²) in [7, 11) is 0. The van der Waals surface area contributed by atoms with Gasteiger partial charge in [-0.25, -0.2) is 0 Å². The number of nitrogens with zero attached hydrogens (tertiary/aromatic N) is 1. The quantitative estimate of drug-likeness (QED) is 0.859. The van der Waals surface area contributed by atoms with Crippen LogP contribution in [0.2, 0.25) is 0 Å². The smallest absolute Gasteiger partial charge is 0.303 e. The Bertz CT molecular complexity index is 562. The van der Waals surface area contributed by atoms with Gasteiger partial charge in [0.15, 0.2) is 0 Å². The molecule has 1 saturated heterocycles. The van der Waals surface area contributed by atoms with Crippen molar-refractivity contribution in [3.63, 3.8) is 0 Å². The fraction of sp³-hybridized carbons (Fsp3) is 0.333. The summed E-state index contributed by atoms with van der Waals surface area (Å²) in [6.07, 6.45) is 3.44. The van der Waals surface area contributed by atoms with Crippen LogP contribution in [0.1, 0.15) is 17.5 Å². The van der Waals surface area contributed by atoms with E-state index in [-0.39, 0.29) is 18.2 Å². The standard InChI is InChI=1S/C15H16BrNO3/c1-10-2-3-12(13(16)6-10)4-5-14(18)17-8-11(9-17)7-15(19)20/h2-6,11H,7-9H2,1H3,(H,19,20). The third kappa shape index (κ3) is 3.70. The first kappa shape index (κ1) is 14.8. The summed E-state index contributed by atoms with van der Waals surface area (Å²) in [4.78, 5) is 24.1. The average Bonchev–Trinajstić information content (AvgIpc) is 2.31. The van der Waals surface area contributed by atoms with Gasteiger partial charge in [0.05, 0.1) is 6.42 Å². The minimum atomic E-state index is -0.804. The van der Waals surface area contributed by atoms with Crippen LogP contribution in [-0.4, -0.2) is 35.0 Å². The van der Waals surface area contributed by atoms with Gasteiger partial charge in [-0.3, -0.25) is 9.59 Å². The summed E-state index contributed by atoms with van der Waals surface area (Å²) in [6, 6.07) is 5.94. The molecule has 1 heterocycles. The Hall–Kier alpha value is -1.62. The van der Waals surface area contributed by atoms with Gasteiger partial charge >= 0.3 is 5.97 Å². The molecule has 1 amide bonds. The number of aliphatic carboxylic acids is 1. The van der Waals surface area contributed by atoms with Crippen molar-refractivity contribution in [1.29, 1.82) is 0 Å². The van der Waals surface area contributed by atoms with Crippen LogP contribution in [0.5, 0.6) is 0 Å². The number of hydrogen-bond donors (Lipinski definition) is 1. The number of carboxylic acid groups (broad SMARTS) is 1. The van der Waals surface area contributed by atoms with E-state index in [0.717, 1.165) is 15.6 Å². The lowest BCUT2D eigenvalue weighted by Crippen LogP contribution is -2.49. The van der Waals surface area contributed by atoms with E-state index in [2.05, 4.69) is 15.9 Å². The van der Waals surface area contributed by atoms with Gasteiger partial charge in [0.1, 0.15) is 0 Å². The van der Waals surface area contributed by atoms with E-state index in [9.17, 15) is 9.59 Å². The monoisotopic (exact) mass is 337 g/mol. The van der Waals surface area contributed by atoms with Crippen LogP contribution in [0.4, 0.5) is 0 Å². The van der Waals surface area contributed by atoms with Crippen molar-refractivity contribution < 1.29 is 14.7 Å². The second-order valence-electron chi connectivity index (χ2n) is 5.07. The number of halogens is 1. The molecule has 0 radical (unpaired) electrons. The van der Waals surface area contributed by atoms with E-state index < -0.39 is 5.97 Å². The lowest BCUT2D eigenvalue weighted by Gasteiger charge is -2.37. The molecule has 4 nitrogen and oxygen atoms in total. The Kier molecular flexibility index (Phi) is 4.60. The number of hydrogen-bond acceptors (Lipinski definition) is 2. The maximum absolute atomic E-state index is 11.9. The summed E-state index contributed by atoms with van der Waals surface area (Å²) in [5.41, 5.74) is 2.10. The van der Waals surface area contributed by atoms with Gasteiger partial charge in [0, 0.05) is 29.6 Å². The van der Waals surface area contributed by atoms with Crippen LogP contribution < -0.4 is 0 Å². The Balaban J connectivity index is 1.89. The molecule has 1 aromatic rings. The van der Waals surface area contributed by atoms with Gasteiger partial charge in [0.2, 0.25) is 5.91 Å². The summed E-state index contributed by atoms with van der Waals surface area (Å²) < 4.78 is 0.953. The van der Waals surface area contributed by atoms with Gasteiger partial charge in [-0.05, 0) is 30.2 Å². The van der Waals surface area contributed by atoms with E-state index in [1.807, 2.05) is 25.1 Å². The van der Waals surface area contributed by atoms with E-state index in [0.29, 0.717) is 13.1 Å². The molecule has 0 atom stereocenters. The molecular formula is C15H16BrNO3. The zero-order valence-electron chi connectivity index (χ0n) is 11.2. The molecule has 1 fully saturated rings. The molecule has 1 aromatic carbocycles. The van der Waals surface area contributed by atoms with E-state index in [4.69, 9.17) is 5.11 Å². The molecule has 0 unspecified atom stereocenters. The van der Waals surface area contributed by atoms with Gasteiger partial charge in [0.25, 0.3) is 0 Å². The Morgan fingerprint density at radius 3 is 2.75 bits per heavy atom. The fourth-order valence-corrected chi connectivity index (χ4v) is 2.79. The average molecular weight is 338 g/mol. The van der Waals surface area contributed by atoms with Crippen LogP contribution in [0.15, 0.2) is 28.7 Å². The lowest BCUT2D eigenvalue weighted by atomic mass is 9.96. The Morgan fingerprint density at radius 2 is 2.15 bits per heavy atom.